The van der Waals surface area contributed by atoms with Crippen LogP contribution in [0, 0.1) is 26.6 Å². The normalized spacial score (nSPS) is 11.1. The second-order valence-corrected chi connectivity index (χ2v) is 8.40. The van der Waals surface area contributed by atoms with E-state index in [1.54, 1.807) is 37.0 Å². The maximum atomic E-state index is 13.8. The Morgan fingerprint density at radius 2 is 1.91 bits per heavy atom. The Bertz CT molecular complexity index is 1470. The summed E-state index contributed by atoms with van der Waals surface area (Å²) in [5.74, 6) is -0.0149. The van der Waals surface area contributed by atoms with Crippen LogP contribution in [0.5, 0.6) is 5.75 Å². The molecule has 0 bridgehead atoms. The van der Waals surface area contributed by atoms with Crippen LogP contribution in [-0.2, 0) is 18.3 Å². The van der Waals surface area contributed by atoms with Gasteiger partial charge in [-0.3, -0.25) is 14.2 Å². The summed E-state index contributed by atoms with van der Waals surface area (Å²) < 4.78 is 22.3. The molecular formula is C26H27FN4O3. The summed E-state index contributed by atoms with van der Waals surface area (Å²) in [4.78, 5) is 26.0. The number of halogens is 1. The largest absolute Gasteiger partial charge is 0.495 e. The molecule has 0 aliphatic rings. The molecule has 4 aromatic rings. The molecule has 34 heavy (non-hydrogen) atoms. The van der Waals surface area contributed by atoms with Crippen molar-refractivity contribution in [2.24, 2.45) is 7.05 Å². The van der Waals surface area contributed by atoms with Gasteiger partial charge in [-0.2, -0.15) is 5.10 Å². The van der Waals surface area contributed by atoms with Crippen molar-refractivity contribution in [1.82, 2.24) is 14.3 Å². The van der Waals surface area contributed by atoms with Gasteiger partial charge < -0.3 is 10.1 Å². The molecule has 2 aromatic carbocycles. The lowest BCUT2D eigenvalue weighted by atomic mass is 10.0. The smallest absolute Gasteiger partial charge is 0.255 e. The number of amides is 1. The lowest BCUT2D eigenvalue weighted by Gasteiger charge is -2.13. The predicted molar refractivity (Wildman–Crippen MR) is 130 cm³/mol. The highest BCUT2D eigenvalue weighted by Crippen LogP contribution is 2.27. The summed E-state index contributed by atoms with van der Waals surface area (Å²) in [6.07, 6.45) is 0.411. The fourth-order valence-electron chi connectivity index (χ4n) is 4.33. The first-order chi connectivity index (χ1) is 16.2. The van der Waals surface area contributed by atoms with Gasteiger partial charge in [-0.15, -0.1) is 0 Å². The lowest BCUT2D eigenvalue weighted by molar-refractivity contribution is -0.116. The highest BCUT2D eigenvalue weighted by molar-refractivity contribution is 5.92. The van der Waals surface area contributed by atoms with Gasteiger partial charge in [-0.1, -0.05) is 12.1 Å². The number of carbonyl (C=O) groups is 1. The summed E-state index contributed by atoms with van der Waals surface area (Å²) in [6.45, 7) is 5.66. The fraction of sp³-hybridized carbons (Fsp3) is 0.269. The molecule has 0 atom stereocenters. The number of nitrogens with zero attached hydrogens (tertiary/aromatic N) is 3. The van der Waals surface area contributed by atoms with E-state index in [1.807, 2.05) is 32.9 Å². The Balaban J connectivity index is 1.67. The van der Waals surface area contributed by atoms with E-state index in [9.17, 15) is 14.0 Å². The van der Waals surface area contributed by atoms with Crippen LogP contribution in [-0.4, -0.2) is 27.4 Å². The monoisotopic (exact) mass is 462 g/mol. The molecule has 0 fully saturated rings. The van der Waals surface area contributed by atoms with Crippen molar-refractivity contribution in [3.05, 3.63) is 81.0 Å². The van der Waals surface area contributed by atoms with E-state index in [1.165, 1.54) is 16.7 Å². The lowest BCUT2D eigenvalue weighted by Crippen LogP contribution is -2.25. The summed E-state index contributed by atoms with van der Waals surface area (Å²) in [5, 5.41) is 8.28. The van der Waals surface area contributed by atoms with E-state index in [-0.39, 0.29) is 30.1 Å². The molecule has 0 saturated heterocycles. The van der Waals surface area contributed by atoms with Gasteiger partial charge in [0.15, 0.2) is 0 Å². The number of anilines is 1. The Labute approximate surface area is 196 Å². The van der Waals surface area contributed by atoms with Gasteiger partial charge in [0, 0.05) is 24.4 Å². The van der Waals surface area contributed by atoms with Crippen molar-refractivity contribution in [2.45, 2.75) is 33.6 Å². The zero-order chi connectivity index (χ0) is 24.6. The van der Waals surface area contributed by atoms with Crippen molar-refractivity contribution >= 4 is 22.6 Å². The molecule has 0 spiro atoms. The quantitative estimate of drug-likeness (QED) is 0.462. The van der Waals surface area contributed by atoms with E-state index >= 15 is 0 Å². The van der Waals surface area contributed by atoms with Crippen molar-refractivity contribution < 1.29 is 13.9 Å². The van der Waals surface area contributed by atoms with Crippen molar-refractivity contribution in [3.8, 4) is 11.4 Å². The van der Waals surface area contributed by atoms with E-state index in [4.69, 9.17) is 4.74 Å². The number of benzene rings is 2. The van der Waals surface area contributed by atoms with E-state index in [2.05, 4.69) is 10.4 Å². The summed E-state index contributed by atoms with van der Waals surface area (Å²) in [5.41, 5.74) is 4.57. The average Bonchev–Trinajstić information content (AvgIpc) is 3.15. The zero-order valence-corrected chi connectivity index (χ0v) is 19.9. The van der Waals surface area contributed by atoms with Crippen molar-refractivity contribution in [1.29, 1.82) is 0 Å². The number of hydrogen-bond donors (Lipinski definition) is 1. The SMILES string of the molecule is COc1ccc(C)cc1NC(=O)CCc1c(C)c2c(C)nn(-c3cccc(F)c3)c2n(C)c1=O. The van der Waals surface area contributed by atoms with E-state index in [0.29, 0.717) is 28.3 Å². The first kappa shape index (κ1) is 23.2. The number of aromatic nitrogens is 3. The van der Waals surface area contributed by atoms with Crippen LogP contribution in [0.1, 0.15) is 28.8 Å². The van der Waals surface area contributed by atoms with Crippen LogP contribution in [0.25, 0.3) is 16.7 Å². The summed E-state index contributed by atoms with van der Waals surface area (Å²) in [6, 6.07) is 11.6. The molecule has 0 unspecified atom stereocenters. The van der Waals surface area contributed by atoms with Crippen LogP contribution in [0.15, 0.2) is 47.3 Å². The van der Waals surface area contributed by atoms with Crippen LogP contribution >= 0.6 is 0 Å². The number of carbonyl (C=O) groups excluding carboxylic acids is 1. The highest BCUT2D eigenvalue weighted by Gasteiger charge is 2.20. The minimum Gasteiger partial charge on any atom is -0.495 e. The van der Waals surface area contributed by atoms with Gasteiger partial charge in [0.1, 0.15) is 17.2 Å². The summed E-state index contributed by atoms with van der Waals surface area (Å²) in [7, 11) is 3.22. The second kappa shape index (κ2) is 9.13. The molecular weight excluding hydrogens is 435 g/mol. The van der Waals surface area contributed by atoms with Crippen LogP contribution in [0.3, 0.4) is 0 Å². The van der Waals surface area contributed by atoms with Gasteiger partial charge in [-0.05, 0) is 68.7 Å². The van der Waals surface area contributed by atoms with Gasteiger partial charge in [0.05, 0.1) is 24.2 Å². The fourth-order valence-corrected chi connectivity index (χ4v) is 4.33. The Hall–Kier alpha value is -3.94. The second-order valence-electron chi connectivity index (χ2n) is 8.40. The number of methoxy groups -OCH3 is 1. The molecule has 0 saturated carbocycles. The van der Waals surface area contributed by atoms with Gasteiger partial charge >= 0.3 is 0 Å². The average molecular weight is 463 g/mol. The molecule has 0 radical (unpaired) electrons. The molecule has 176 valence electrons. The molecule has 7 nitrogen and oxygen atoms in total. The number of aryl methyl sites for hydroxylation is 4. The van der Waals surface area contributed by atoms with Crippen LogP contribution in [0.2, 0.25) is 0 Å². The van der Waals surface area contributed by atoms with Crippen LogP contribution in [0.4, 0.5) is 10.1 Å². The zero-order valence-electron chi connectivity index (χ0n) is 19.9. The standard InChI is InChI=1S/C26H27FN4O3/c1-15-9-11-22(34-5)21(13-15)28-23(32)12-10-20-16(2)24-17(3)29-31(25(24)30(4)26(20)33)19-8-6-7-18(27)14-19/h6-9,11,13-14H,10,12H2,1-5H3,(H,28,32). The first-order valence-corrected chi connectivity index (χ1v) is 11.0. The molecule has 0 aliphatic carbocycles. The number of ether oxygens (including phenoxy) is 1. The third kappa shape index (κ3) is 4.19. The highest BCUT2D eigenvalue weighted by atomic mass is 19.1. The number of rotatable bonds is 6. The predicted octanol–water partition coefficient (Wildman–Crippen LogP) is 4.37. The molecule has 2 heterocycles. The van der Waals surface area contributed by atoms with E-state index < -0.39 is 0 Å². The Morgan fingerprint density at radius 1 is 1.15 bits per heavy atom. The minimum atomic E-state index is -0.381. The van der Waals surface area contributed by atoms with Crippen LogP contribution < -0.4 is 15.6 Å². The topological polar surface area (TPSA) is 78.2 Å². The van der Waals surface area contributed by atoms with E-state index in [0.717, 1.165) is 22.2 Å². The number of pyridine rings is 1. The Kier molecular flexibility index (Phi) is 6.24. The number of nitrogens with one attached hydrogen (secondary N) is 1. The van der Waals surface area contributed by atoms with Crippen molar-refractivity contribution in [3.63, 3.8) is 0 Å². The maximum Gasteiger partial charge on any atom is 0.255 e. The molecule has 8 heteroatoms. The van der Waals surface area contributed by atoms with Gasteiger partial charge in [0.2, 0.25) is 5.91 Å². The summed E-state index contributed by atoms with van der Waals surface area (Å²) >= 11 is 0. The molecule has 2 aromatic heterocycles. The Morgan fingerprint density at radius 3 is 2.62 bits per heavy atom. The third-order valence-corrected chi connectivity index (χ3v) is 6.03. The third-order valence-electron chi connectivity index (χ3n) is 6.03. The maximum absolute atomic E-state index is 13.8. The molecule has 1 N–H and O–H groups in total. The number of hydrogen-bond acceptors (Lipinski definition) is 4. The molecule has 0 aliphatic heterocycles. The minimum absolute atomic E-state index is 0.135. The number of fused-ring (bicyclic) bond motifs is 1. The van der Waals surface area contributed by atoms with Gasteiger partial charge in [-0.25, -0.2) is 9.07 Å². The first-order valence-electron chi connectivity index (χ1n) is 11.0. The van der Waals surface area contributed by atoms with Crippen molar-refractivity contribution in [2.75, 3.05) is 12.4 Å². The molecule has 1 amide bonds. The van der Waals surface area contributed by atoms with Gasteiger partial charge in [0.25, 0.3) is 5.56 Å². The molecule has 4 rings (SSSR count).